The third-order valence-electron chi connectivity index (χ3n) is 6.30. The number of fused-ring (bicyclic) bond motifs is 5. The Morgan fingerprint density at radius 3 is 2.37 bits per heavy atom. The average Bonchev–Trinajstić information content (AvgIpc) is 2.71. The number of halogens is 1. The SMILES string of the molecule is CC1CC(CN)CN1C(=O)C1C2C3CCC(C3)C12.Cl. The van der Waals surface area contributed by atoms with Crippen LogP contribution in [0.15, 0.2) is 0 Å². The van der Waals surface area contributed by atoms with E-state index in [4.69, 9.17) is 5.73 Å². The predicted octanol–water partition coefficient (Wildman–Crippen LogP) is 1.90. The molecule has 19 heavy (non-hydrogen) atoms. The van der Waals surface area contributed by atoms with E-state index in [0.717, 1.165) is 43.2 Å². The van der Waals surface area contributed by atoms with E-state index in [1.165, 1.54) is 19.3 Å². The van der Waals surface area contributed by atoms with Gasteiger partial charge in [0, 0.05) is 18.5 Å². The zero-order valence-corrected chi connectivity index (χ0v) is 12.4. The number of likely N-dealkylation sites (tertiary alicyclic amines) is 1. The summed E-state index contributed by atoms with van der Waals surface area (Å²) in [4.78, 5) is 14.8. The summed E-state index contributed by atoms with van der Waals surface area (Å²) in [5.41, 5.74) is 5.76. The fraction of sp³-hybridized carbons (Fsp3) is 0.933. The van der Waals surface area contributed by atoms with Gasteiger partial charge in [-0.05, 0) is 68.7 Å². The van der Waals surface area contributed by atoms with Crippen molar-refractivity contribution in [2.75, 3.05) is 13.1 Å². The van der Waals surface area contributed by atoms with Crippen molar-refractivity contribution in [1.29, 1.82) is 0 Å². The summed E-state index contributed by atoms with van der Waals surface area (Å²) in [6.07, 6.45) is 5.34. The minimum atomic E-state index is 0. The third kappa shape index (κ3) is 1.84. The van der Waals surface area contributed by atoms with Gasteiger partial charge >= 0.3 is 0 Å². The third-order valence-corrected chi connectivity index (χ3v) is 6.30. The van der Waals surface area contributed by atoms with Crippen molar-refractivity contribution in [2.45, 2.75) is 38.6 Å². The lowest BCUT2D eigenvalue weighted by molar-refractivity contribution is -0.134. The van der Waals surface area contributed by atoms with E-state index >= 15 is 0 Å². The molecule has 4 aliphatic rings. The van der Waals surface area contributed by atoms with Crippen molar-refractivity contribution in [3.8, 4) is 0 Å². The van der Waals surface area contributed by atoms with E-state index in [2.05, 4.69) is 11.8 Å². The molecule has 2 N–H and O–H groups in total. The van der Waals surface area contributed by atoms with Crippen LogP contribution in [0, 0.1) is 35.5 Å². The van der Waals surface area contributed by atoms with E-state index in [1.807, 2.05) is 0 Å². The van der Waals surface area contributed by atoms with E-state index in [9.17, 15) is 4.79 Å². The van der Waals surface area contributed by atoms with Crippen LogP contribution < -0.4 is 5.73 Å². The first-order valence-corrected chi connectivity index (χ1v) is 7.71. The average molecular weight is 285 g/mol. The number of amides is 1. The number of hydrogen-bond donors (Lipinski definition) is 1. The second kappa shape index (κ2) is 4.63. The highest BCUT2D eigenvalue weighted by molar-refractivity contribution is 5.85. The maximum absolute atomic E-state index is 12.7. The predicted molar refractivity (Wildman–Crippen MR) is 76.9 cm³/mol. The van der Waals surface area contributed by atoms with Crippen LogP contribution in [0.5, 0.6) is 0 Å². The van der Waals surface area contributed by atoms with E-state index in [0.29, 0.717) is 23.8 Å². The topological polar surface area (TPSA) is 46.3 Å². The number of nitrogens with zero attached hydrogens (tertiary/aromatic N) is 1. The number of rotatable bonds is 2. The van der Waals surface area contributed by atoms with E-state index in [1.54, 1.807) is 0 Å². The molecule has 0 radical (unpaired) electrons. The zero-order valence-electron chi connectivity index (χ0n) is 11.6. The lowest BCUT2D eigenvalue weighted by atomic mass is 10.0. The van der Waals surface area contributed by atoms with Gasteiger partial charge in [0.1, 0.15) is 0 Å². The van der Waals surface area contributed by atoms with Crippen LogP contribution in [0.3, 0.4) is 0 Å². The molecule has 6 unspecified atom stereocenters. The Morgan fingerprint density at radius 1 is 1.21 bits per heavy atom. The van der Waals surface area contributed by atoms with Crippen molar-refractivity contribution in [3.63, 3.8) is 0 Å². The van der Waals surface area contributed by atoms with Crippen molar-refractivity contribution in [1.82, 2.24) is 4.90 Å². The molecule has 4 rings (SSSR count). The van der Waals surface area contributed by atoms with Crippen molar-refractivity contribution in [2.24, 2.45) is 41.2 Å². The molecular weight excluding hydrogens is 260 g/mol. The fourth-order valence-corrected chi connectivity index (χ4v) is 5.47. The first-order chi connectivity index (χ1) is 8.70. The van der Waals surface area contributed by atoms with Crippen LogP contribution in [0.4, 0.5) is 0 Å². The molecule has 0 aromatic heterocycles. The normalized spacial score (nSPS) is 50.0. The Hall–Kier alpha value is -0.280. The summed E-state index contributed by atoms with van der Waals surface area (Å²) < 4.78 is 0. The van der Waals surface area contributed by atoms with Crippen LogP contribution in [0.2, 0.25) is 0 Å². The highest BCUT2D eigenvalue weighted by atomic mass is 35.5. The highest BCUT2D eigenvalue weighted by Crippen LogP contribution is 2.69. The maximum Gasteiger partial charge on any atom is 0.226 e. The van der Waals surface area contributed by atoms with Crippen LogP contribution in [-0.4, -0.2) is 29.9 Å². The lowest BCUT2D eigenvalue weighted by Gasteiger charge is -2.23. The monoisotopic (exact) mass is 284 g/mol. The van der Waals surface area contributed by atoms with E-state index < -0.39 is 0 Å². The number of nitrogens with two attached hydrogens (primary N) is 1. The van der Waals surface area contributed by atoms with Gasteiger partial charge in [-0.3, -0.25) is 4.79 Å². The maximum atomic E-state index is 12.7. The number of hydrogen-bond acceptors (Lipinski definition) is 2. The van der Waals surface area contributed by atoms with Crippen molar-refractivity contribution in [3.05, 3.63) is 0 Å². The molecule has 4 fully saturated rings. The Balaban J connectivity index is 0.00000110. The standard InChI is InChI=1S/C15H24N2O.ClH/c1-8-4-9(6-16)7-17(8)15(18)14-12-10-2-3-11(5-10)13(12)14;/h8-14H,2-7,16H2,1H3;1H. The fourth-order valence-electron chi connectivity index (χ4n) is 5.47. The summed E-state index contributed by atoms with van der Waals surface area (Å²) in [5.74, 6) is 4.79. The van der Waals surface area contributed by atoms with Gasteiger partial charge in [-0.2, -0.15) is 0 Å². The number of carbonyl (C=O) groups excluding carboxylic acids is 1. The smallest absolute Gasteiger partial charge is 0.226 e. The minimum Gasteiger partial charge on any atom is -0.339 e. The lowest BCUT2D eigenvalue weighted by Crippen LogP contribution is -2.37. The van der Waals surface area contributed by atoms with Gasteiger partial charge in [0.25, 0.3) is 0 Å². The molecule has 0 spiro atoms. The highest BCUT2D eigenvalue weighted by Gasteiger charge is 2.68. The molecule has 0 aromatic rings. The summed E-state index contributed by atoms with van der Waals surface area (Å²) >= 11 is 0. The molecule has 1 saturated heterocycles. The molecule has 1 heterocycles. The van der Waals surface area contributed by atoms with Crippen LogP contribution in [0.1, 0.15) is 32.6 Å². The van der Waals surface area contributed by atoms with Gasteiger partial charge < -0.3 is 10.6 Å². The molecule has 3 aliphatic carbocycles. The van der Waals surface area contributed by atoms with Gasteiger partial charge in [0.15, 0.2) is 0 Å². The van der Waals surface area contributed by atoms with Gasteiger partial charge in [-0.1, -0.05) is 0 Å². The van der Waals surface area contributed by atoms with Crippen LogP contribution >= 0.6 is 12.4 Å². The summed E-state index contributed by atoms with van der Waals surface area (Å²) in [6, 6.07) is 0.421. The Bertz CT molecular complexity index is 372. The molecule has 3 saturated carbocycles. The molecule has 6 atom stereocenters. The second-order valence-electron chi connectivity index (χ2n) is 7.19. The van der Waals surface area contributed by atoms with Gasteiger partial charge in [-0.25, -0.2) is 0 Å². The first-order valence-electron chi connectivity index (χ1n) is 7.71. The largest absolute Gasteiger partial charge is 0.339 e. The van der Waals surface area contributed by atoms with Gasteiger partial charge in [0.05, 0.1) is 0 Å². The molecule has 108 valence electrons. The summed E-state index contributed by atoms with van der Waals surface area (Å²) in [5, 5.41) is 0. The Morgan fingerprint density at radius 2 is 1.84 bits per heavy atom. The molecule has 3 nitrogen and oxygen atoms in total. The molecule has 1 aliphatic heterocycles. The van der Waals surface area contributed by atoms with Gasteiger partial charge in [-0.15, -0.1) is 12.4 Å². The first kappa shape index (κ1) is 13.7. The Labute approximate surface area is 121 Å². The van der Waals surface area contributed by atoms with Crippen LogP contribution in [-0.2, 0) is 4.79 Å². The Kier molecular flexibility index (Phi) is 3.33. The summed E-state index contributed by atoms with van der Waals surface area (Å²) in [7, 11) is 0. The number of carbonyl (C=O) groups is 1. The molecule has 2 bridgehead atoms. The quantitative estimate of drug-likeness (QED) is 0.842. The zero-order chi connectivity index (χ0) is 12.4. The summed E-state index contributed by atoms with van der Waals surface area (Å²) in [6.45, 7) is 3.85. The molecule has 0 aromatic carbocycles. The molecular formula is C15H25ClN2O. The van der Waals surface area contributed by atoms with Crippen molar-refractivity contribution >= 4 is 18.3 Å². The van der Waals surface area contributed by atoms with Crippen molar-refractivity contribution < 1.29 is 4.79 Å². The molecule has 1 amide bonds. The molecule has 4 heteroatoms. The minimum absolute atomic E-state index is 0. The van der Waals surface area contributed by atoms with Crippen LogP contribution in [0.25, 0.3) is 0 Å². The van der Waals surface area contributed by atoms with Gasteiger partial charge in [0.2, 0.25) is 5.91 Å². The second-order valence-corrected chi connectivity index (χ2v) is 7.19. The van der Waals surface area contributed by atoms with E-state index in [-0.39, 0.29) is 12.4 Å².